The molecule has 2 saturated heterocycles. The monoisotopic (exact) mass is 1170 g/mol. The first-order valence-electron chi connectivity index (χ1n) is 33.9. The van der Waals surface area contributed by atoms with Crippen LogP contribution in [0.2, 0.25) is 0 Å². The summed E-state index contributed by atoms with van der Waals surface area (Å²) >= 11 is 0. The van der Waals surface area contributed by atoms with Crippen LogP contribution < -0.4 is 0 Å². The topological polar surface area (TPSA) is 231 Å². The Labute approximate surface area is 498 Å². The third-order valence-corrected chi connectivity index (χ3v) is 16.4. The molecular formula is C67H124O15. The van der Waals surface area contributed by atoms with Gasteiger partial charge in [0.05, 0.1) is 19.8 Å². The van der Waals surface area contributed by atoms with Crippen LogP contribution in [0.25, 0.3) is 0 Å². The standard InChI is InChI=1S/C67H124O15/c1-3-5-7-9-11-13-15-17-19-21-23-25-27-29-31-33-35-37-39-41-43-45-47-49-58(69)77-52-55(53-78-66-65(76)63(74)61(72)57(82-66)54-79-67-64(75)62(73)60(71)56(51-68)81-67)80-59(70)50-48-46-44-42-40-38-36-34-32-30-28-26-24-22-20-18-16-14-12-10-8-6-4-2/h16,18,22,24,55-57,60-68,71-76H,3-15,17,19-21,23,25-54H2,1-2H3/b18-16-,24-22-. The van der Waals surface area contributed by atoms with Crippen LogP contribution in [0.15, 0.2) is 24.3 Å². The number of unbranched alkanes of at least 4 members (excludes halogenated alkanes) is 38. The van der Waals surface area contributed by atoms with E-state index in [4.69, 9.17) is 28.4 Å². The number of aliphatic hydroxyl groups is 7. The molecule has 0 saturated carbocycles. The second-order valence-electron chi connectivity index (χ2n) is 24.0. The molecule has 0 radical (unpaired) electrons. The summed E-state index contributed by atoms with van der Waals surface area (Å²) < 4.78 is 33.8. The normalized spacial score (nSPS) is 23.5. The van der Waals surface area contributed by atoms with Crippen molar-refractivity contribution in [3.63, 3.8) is 0 Å². The number of esters is 2. The number of hydrogen-bond donors (Lipinski definition) is 7. The average molecular weight is 1170 g/mol. The maximum atomic E-state index is 13.1. The maximum Gasteiger partial charge on any atom is 0.306 e. The zero-order chi connectivity index (χ0) is 59.5. The Morgan fingerprint density at radius 3 is 1.13 bits per heavy atom. The molecule has 0 aromatic rings. The highest BCUT2D eigenvalue weighted by molar-refractivity contribution is 5.70. The van der Waals surface area contributed by atoms with Crippen LogP contribution in [0.3, 0.4) is 0 Å². The Balaban J connectivity index is 1.68. The minimum absolute atomic E-state index is 0.167. The van der Waals surface area contributed by atoms with Gasteiger partial charge in [-0.15, -0.1) is 0 Å². The molecule has 2 heterocycles. The van der Waals surface area contributed by atoms with Crippen LogP contribution in [-0.2, 0) is 38.0 Å². The van der Waals surface area contributed by atoms with Crippen LogP contribution in [0, 0.1) is 0 Å². The molecule has 2 rings (SSSR count). The van der Waals surface area contributed by atoms with Gasteiger partial charge in [-0.1, -0.05) is 263 Å². The van der Waals surface area contributed by atoms with E-state index in [1.165, 1.54) is 205 Å². The summed E-state index contributed by atoms with van der Waals surface area (Å²) in [6, 6.07) is 0. The lowest BCUT2D eigenvalue weighted by Gasteiger charge is -2.42. The molecule has 82 heavy (non-hydrogen) atoms. The van der Waals surface area contributed by atoms with Crippen molar-refractivity contribution in [2.75, 3.05) is 26.4 Å². The number of hydrogen-bond acceptors (Lipinski definition) is 15. The fourth-order valence-corrected chi connectivity index (χ4v) is 11.0. The number of rotatable bonds is 56. The van der Waals surface area contributed by atoms with E-state index in [1.807, 2.05) is 0 Å². The molecule has 15 heteroatoms. The van der Waals surface area contributed by atoms with Gasteiger partial charge in [-0.3, -0.25) is 9.59 Å². The van der Waals surface area contributed by atoms with Crippen molar-refractivity contribution in [2.24, 2.45) is 0 Å². The van der Waals surface area contributed by atoms with Crippen LogP contribution >= 0.6 is 0 Å². The van der Waals surface area contributed by atoms with E-state index in [1.54, 1.807) is 0 Å². The van der Waals surface area contributed by atoms with Gasteiger partial charge in [0.15, 0.2) is 18.7 Å². The number of ether oxygens (including phenoxy) is 6. The first-order chi connectivity index (χ1) is 40.0. The van der Waals surface area contributed by atoms with Gasteiger partial charge in [0.1, 0.15) is 55.4 Å². The fourth-order valence-electron chi connectivity index (χ4n) is 11.0. The van der Waals surface area contributed by atoms with Gasteiger partial charge in [0.25, 0.3) is 0 Å². The SMILES string of the molecule is CCCCCCC/C=C\C/C=C\CCCCCCCCCCCCCC(=O)OC(COC(=O)CCCCCCCCCCCCCCCCCCCCCCCCC)COC1OC(COC2OC(CO)C(O)C(O)C2O)C(O)C(O)C1O. The highest BCUT2D eigenvalue weighted by Crippen LogP contribution is 2.27. The summed E-state index contributed by atoms with van der Waals surface area (Å²) in [5.41, 5.74) is 0. The summed E-state index contributed by atoms with van der Waals surface area (Å²) in [6.45, 7) is 2.66. The molecule has 15 nitrogen and oxygen atoms in total. The highest BCUT2D eigenvalue weighted by atomic mass is 16.7. The first-order valence-corrected chi connectivity index (χ1v) is 33.9. The zero-order valence-corrected chi connectivity index (χ0v) is 52.0. The van der Waals surface area contributed by atoms with Crippen molar-refractivity contribution < 1.29 is 73.8 Å². The molecule has 2 fully saturated rings. The third-order valence-electron chi connectivity index (χ3n) is 16.4. The number of carbonyl (C=O) groups excluding carboxylic acids is 2. The van der Waals surface area contributed by atoms with Gasteiger partial charge in [-0.05, 0) is 44.9 Å². The molecule has 11 unspecified atom stereocenters. The number of allylic oxidation sites excluding steroid dienone is 4. The predicted octanol–water partition coefficient (Wildman–Crippen LogP) is 13.4. The van der Waals surface area contributed by atoms with Gasteiger partial charge in [-0.2, -0.15) is 0 Å². The Hall–Kier alpha value is -2.02. The Kier molecular flexibility index (Phi) is 49.4. The largest absolute Gasteiger partial charge is 0.462 e. The summed E-state index contributed by atoms with van der Waals surface area (Å²) in [7, 11) is 0. The Morgan fingerprint density at radius 2 is 0.732 bits per heavy atom. The van der Waals surface area contributed by atoms with Crippen molar-refractivity contribution in [1.82, 2.24) is 0 Å². The predicted molar refractivity (Wildman–Crippen MR) is 326 cm³/mol. The van der Waals surface area contributed by atoms with E-state index in [0.29, 0.717) is 12.8 Å². The molecule has 0 bridgehead atoms. The highest BCUT2D eigenvalue weighted by Gasteiger charge is 2.47. The lowest BCUT2D eigenvalue weighted by atomic mass is 9.98. The van der Waals surface area contributed by atoms with Gasteiger partial charge in [-0.25, -0.2) is 0 Å². The quantitative estimate of drug-likeness (QED) is 0.0171. The van der Waals surface area contributed by atoms with Gasteiger partial charge >= 0.3 is 11.9 Å². The van der Waals surface area contributed by atoms with E-state index in [0.717, 1.165) is 51.4 Å². The minimum atomic E-state index is -1.76. The van der Waals surface area contributed by atoms with Crippen molar-refractivity contribution in [3.05, 3.63) is 24.3 Å². The molecule has 482 valence electrons. The van der Waals surface area contributed by atoms with E-state index in [-0.39, 0.29) is 26.1 Å². The summed E-state index contributed by atoms with van der Waals surface area (Å²) in [5.74, 6) is -0.908. The molecule has 2 aliphatic rings. The number of aliphatic hydroxyl groups excluding tert-OH is 7. The average Bonchev–Trinajstić information content (AvgIpc) is 3.68. The molecule has 11 atom stereocenters. The van der Waals surface area contributed by atoms with Crippen LogP contribution in [0.4, 0.5) is 0 Å². The molecule has 0 amide bonds. The molecule has 7 N–H and O–H groups in total. The fraction of sp³-hybridized carbons (Fsp3) is 0.910. The summed E-state index contributed by atoms with van der Waals surface area (Å²) in [6.07, 6.45) is 44.9. The van der Waals surface area contributed by atoms with Crippen LogP contribution in [-0.4, -0.2) is 142 Å². The Bertz CT molecular complexity index is 1510. The van der Waals surface area contributed by atoms with Gasteiger partial charge in [0, 0.05) is 12.8 Å². The van der Waals surface area contributed by atoms with E-state index < -0.39 is 92.7 Å². The van der Waals surface area contributed by atoms with Crippen LogP contribution in [0.1, 0.15) is 296 Å². The van der Waals surface area contributed by atoms with Crippen molar-refractivity contribution >= 4 is 11.9 Å². The van der Waals surface area contributed by atoms with Crippen molar-refractivity contribution in [2.45, 2.75) is 364 Å². The zero-order valence-electron chi connectivity index (χ0n) is 52.0. The lowest BCUT2D eigenvalue weighted by Crippen LogP contribution is -2.61. The van der Waals surface area contributed by atoms with Crippen molar-refractivity contribution in [1.29, 1.82) is 0 Å². The lowest BCUT2D eigenvalue weighted by molar-refractivity contribution is -0.332. The van der Waals surface area contributed by atoms with E-state index in [9.17, 15) is 45.3 Å². The van der Waals surface area contributed by atoms with E-state index in [2.05, 4.69) is 38.2 Å². The molecular weight excluding hydrogens is 1040 g/mol. The number of carbonyl (C=O) groups is 2. The third kappa shape index (κ3) is 38.9. The minimum Gasteiger partial charge on any atom is -0.462 e. The molecule has 2 aliphatic heterocycles. The second-order valence-corrected chi connectivity index (χ2v) is 24.0. The smallest absolute Gasteiger partial charge is 0.306 e. The maximum absolute atomic E-state index is 13.1. The van der Waals surface area contributed by atoms with Gasteiger partial charge in [0.2, 0.25) is 0 Å². The molecule has 0 aromatic heterocycles. The van der Waals surface area contributed by atoms with Gasteiger partial charge < -0.3 is 64.2 Å². The molecule has 0 aliphatic carbocycles. The molecule has 0 spiro atoms. The summed E-state index contributed by atoms with van der Waals surface area (Å²) in [4.78, 5) is 26.0. The second kappa shape index (κ2) is 53.2. The molecule has 0 aromatic carbocycles. The first kappa shape index (κ1) is 76.1. The van der Waals surface area contributed by atoms with E-state index >= 15 is 0 Å². The summed E-state index contributed by atoms with van der Waals surface area (Å²) in [5, 5.41) is 72.5. The van der Waals surface area contributed by atoms with Crippen molar-refractivity contribution in [3.8, 4) is 0 Å². The van der Waals surface area contributed by atoms with Crippen LogP contribution in [0.5, 0.6) is 0 Å². The Morgan fingerprint density at radius 1 is 0.390 bits per heavy atom.